The van der Waals surface area contributed by atoms with Gasteiger partial charge >= 0.3 is 0 Å². The molecule has 0 saturated heterocycles. The highest BCUT2D eigenvalue weighted by molar-refractivity contribution is 7.19. The molecule has 0 radical (unpaired) electrons. The predicted octanol–water partition coefficient (Wildman–Crippen LogP) is 4.35. The summed E-state index contributed by atoms with van der Waals surface area (Å²) in [6, 6.07) is 10.8. The van der Waals surface area contributed by atoms with Crippen LogP contribution in [0.4, 0.5) is 30.7 Å². The van der Waals surface area contributed by atoms with E-state index in [1.807, 2.05) is 0 Å². The minimum atomic E-state index is -3.05. The molecule has 0 spiro atoms. The Kier molecular flexibility index (Phi) is 5.78. The average Bonchev–Trinajstić information content (AvgIpc) is 2.65. The zero-order chi connectivity index (χ0) is 23.9. The topological polar surface area (TPSA) is 0 Å². The van der Waals surface area contributed by atoms with E-state index in [9.17, 15) is 30.7 Å². The van der Waals surface area contributed by atoms with Crippen molar-refractivity contribution >= 4 is 28.0 Å². The fraction of sp³-hybridized carbons (Fsp3) is 0.0400. The second-order valence-corrected chi connectivity index (χ2v) is 8.04. The van der Waals surface area contributed by atoms with Crippen LogP contribution in [0.25, 0.3) is 0 Å². The molecule has 0 heterocycles. The van der Waals surface area contributed by atoms with E-state index in [4.69, 9.17) is 0 Å². The van der Waals surface area contributed by atoms with Crippen LogP contribution in [0.2, 0.25) is 0 Å². The average molecular weight is 459 g/mol. The van der Waals surface area contributed by atoms with Crippen LogP contribution in [0.3, 0.4) is 0 Å². The standard InChI is InChI=1S/C25H15BF7/c1-14-2-15(4-19(27)3-14)26(16-5-20(28)11-21(29)6-16,17-7-22(30)12-23(31)8-17)18-9-24(32)13-25(33)10-18/h2-13H,1H3/q-1. The van der Waals surface area contributed by atoms with Gasteiger partial charge in [-0.25, -0.2) is 30.7 Å². The predicted molar refractivity (Wildman–Crippen MR) is 115 cm³/mol. The van der Waals surface area contributed by atoms with E-state index in [2.05, 4.69) is 0 Å². The van der Waals surface area contributed by atoms with E-state index in [1.165, 1.54) is 19.1 Å². The molecule has 0 amide bonds. The molecule has 0 saturated carbocycles. The van der Waals surface area contributed by atoms with Gasteiger partial charge in [-0.3, -0.25) is 0 Å². The molecule has 0 aromatic heterocycles. The third-order valence-corrected chi connectivity index (χ3v) is 5.72. The third-order valence-electron chi connectivity index (χ3n) is 5.72. The van der Waals surface area contributed by atoms with Gasteiger partial charge in [0.1, 0.15) is 46.9 Å². The second kappa shape index (κ2) is 8.43. The lowest BCUT2D eigenvalue weighted by atomic mass is 9.13. The zero-order valence-corrected chi connectivity index (χ0v) is 17.2. The van der Waals surface area contributed by atoms with Gasteiger partial charge in [-0.05, 0) is 13.0 Å². The molecule has 0 N–H and O–H groups in total. The minimum absolute atomic E-state index is 0.0208. The van der Waals surface area contributed by atoms with Crippen LogP contribution in [-0.4, -0.2) is 6.15 Å². The SMILES string of the molecule is Cc1cc(F)cc([B-](c2cc(F)cc(F)c2)(c2cc(F)cc(F)c2)c2cc(F)cc(F)c2)c1. The van der Waals surface area contributed by atoms with Crippen molar-refractivity contribution in [2.24, 2.45) is 0 Å². The van der Waals surface area contributed by atoms with Crippen LogP contribution in [0.5, 0.6) is 0 Å². The largest absolute Gasteiger partial charge is 0.207 e. The van der Waals surface area contributed by atoms with Crippen molar-refractivity contribution in [2.45, 2.75) is 6.92 Å². The molecule has 4 aromatic rings. The van der Waals surface area contributed by atoms with Gasteiger partial charge in [-0.1, -0.05) is 54.1 Å². The first-order chi connectivity index (χ1) is 15.6. The van der Waals surface area contributed by atoms with Crippen molar-refractivity contribution in [2.75, 3.05) is 0 Å². The Labute approximate surface area is 185 Å². The van der Waals surface area contributed by atoms with Crippen LogP contribution in [0.1, 0.15) is 5.56 Å². The van der Waals surface area contributed by atoms with Crippen LogP contribution < -0.4 is 21.9 Å². The molecule has 168 valence electrons. The molecular weight excluding hydrogens is 444 g/mol. The summed E-state index contributed by atoms with van der Waals surface area (Å²) in [5.74, 6) is -6.93. The number of aryl methyl sites for hydroxylation is 1. The normalized spacial score (nSPS) is 11.6. The monoisotopic (exact) mass is 459 g/mol. The molecule has 4 aromatic carbocycles. The van der Waals surface area contributed by atoms with Gasteiger partial charge in [0.15, 0.2) is 0 Å². The summed E-state index contributed by atoms with van der Waals surface area (Å²) in [6.45, 7) is 1.54. The zero-order valence-electron chi connectivity index (χ0n) is 17.2. The van der Waals surface area contributed by atoms with E-state index < -0.39 is 46.9 Å². The van der Waals surface area contributed by atoms with Gasteiger partial charge in [-0.2, -0.15) is 21.9 Å². The lowest BCUT2D eigenvalue weighted by Gasteiger charge is -2.44. The first-order valence-electron chi connectivity index (χ1n) is 9.91. The number of rotatable bonds is 4. The molecule has 0 nitrogen and oxygen atoms in total. The molecule has 33 heavy (non-hydrogen) atoms. The summed E-state index contributed by atoms with van der Waals surface area (Å²) in [5.41, 5.74) is -0.165. The number of benzene rings is 4. The Morgan fingerprint density at radius 1 is 0.364 bits per heavy atom. The smallest absolute Gasteiger partial charge is 0.123 e. The Hall–Kier alpha value is -3.55. The van der Waals surface area contributed by atoms with Crippen molar-refractivity contribution in [3.8, 4) is 0 Å². The first-order valence-corrected chi connectivity index (χ1v) is 9.91. The van der Waals surface area contributed by atoms with Crippen LogP contribution in [0.15, 0.2) is 72.8 Å². The van der Waals surface area contributed by atoms with E-state index in [-0.39, 0.29) is 21.9 Å². The summed E-state index contributed by atoms with van der Waals surface area (Å²) in [6.07, 6.45) is -3.05. The highest BCUT2D eigenvalue weighted by Crippen LogP contribution is 2.16. The number of halogens is 7. The number of hydrogen-bond donors (Lipinski definition) is 0. The lowest BCUT2D eigenvalue weighted by molar-refractivity contribution is 0.585. The fourth-order valence-corrected chi connectivity index (χ4v) is 4.64. The summed E-state index contributed by atoms with van der Waals surface area (Å²) < 4.78 is 101. The lowest BCUT2D eigenvalue weighted by Crippen LogP contribution is -2.75. The Bertz CT molecular complexity index is 1070. The third kappa shape index (κ3) is 4.25. The van der Waals surface area contributed by atoms with Crippen LogP contribution in [0, 0.1) is 47.6 Å². The van der Waals surface area contributed by atoms with Gasteiger partial charge in [0.05, 0.1) is 0 Å². The maximum absolute atomic E-state index is 14.5. The molecule has 0 aliphatic rings. The highest BCUT2D eigenvalue weighted by atomic mass is 19.2. The Balaban J connectivity index is 2.28. The number of hydrogen-bond acceptors (Lipinski definition) is 0. The van der Waals surface area contributed by atoms with E-state index >= 15 is 0 Å². The highest BCUT2D eigenvalue weighted by Gasteiger charge is 2.34. The quantitative estimate of drug-likeness (QED) is 0.315. The molecule has 8 heteroatoms. The van der Waals surface area contributed by atoms with Gasteiger partial charge in [-0.15, -0.1) is 0 Å². The molecular formula is C25H15BF7-. The van der Waals surface area contributed by atoms with E-state index in [0.29, 0.717) is 23.8 Å². The van der Waals surface area contributed by atoms with Gasteiger partial charge < -0.3 is 0 Å². The Morgan fingerprint density at radius 2 is 0.606 bits per heavy atom. The summed E-state index contributed by atoms with van der Waals surface area (Å²) >= 11 is 0. The van der Waals surface area contributed by atoms with Crippen molar-refractivity contribution in [1.29, 1.82) is 0 Å². The second-order valence-electron chi connectivity index (χ2n) is 8.04. The van der Waals surface area contributed by atoms with Crippen LogP contribution >= 0.6 is 0 Å². The summed E-state index contributed by atoms with van der Waals surface area (Å²) in [4.78, 5) is 0. The van der Waals surface area contributed by atoms with Crippen LogP contribution in [-0.2, 0) is 0 Å². The molecule has 0 fully saturated rings. The van der Waals surface area contributed by atoms with E-state index in [0.717, 1.165) is 42.5 Å². The van der Waals surface area contributed by atoms with Gasteiger partial charge in [0.2, 0.25) is 0 Å². The van der Waals surface area contributed by atoms with Gasteiger partial charge in [0.25, 0.3) is 0 Å². The van der Waals surface area contributed by atoms with Crippen molar-refractivity contribution in [1.82, 2.24) is 0 Å². The summed E-state index contributed by atoms with van der Waals surface area (Å²) in [5, 5.41) is 0. The van der Waals surface area contributed by atoms with Crippen molar-refractivity contribution in [3.05, 3.63) is 119 Å². The Morgan fingerprint density at radius 3 is 0.879 bits per heavy atom. The van der Waals surface area contributed by atoms with Crippen molar-refractivity contribution < 1.29 is 30.7 Å². The first kappa shape index (κ1) is 22.6. The maximum Gasteiger partial charge on any atom is 0.123 e. The molecule has 0 aliphatic carbocycles. The maximum atomic E-state index is 14.5. The molecule has 0 atom stereocenters. The molecule has 0 bridgehead atoms. The van der Waals surface area contributed by atoms with Crippen molar-refractivity contribution in [3.63, 3.8) is 0 Å². The van der Waals surface area contributed by atoms with E-state index in [1.54, 1.807) is 0 Å². The minimum Gasteiger partial charge on any atom is -0.207 e. The molecule has 0 unspecified atom stereocenters. The molecule has 0 aliphatic heterocycles. The van der Waals surface area contributed by atoms with Gasteiger partial charge in [0, 0.05) is 18.2 Å². The fourth-order valence-electron chi connectivity index (χ4n) is 4.64. The summed E-state index contributed by atoms with van der Waals surface area (Å²) in [7, 11) is 0. The molecule has 4 rings (SSSR count).